The molecule has 3 rings (SSSR count). The third kappa shape index (κ3) is 6.11. The number of carboxylic acid groups (broad SMARTS) is 1. The number of hydrogen-bond donors (Lipinski definition) is 2. The molecule has 0 aliphatic heterocycles. The van der Waals surface area contributed by atoms with Gasteiger partial charge in [0.1, 0.15) is 5.82 Å². The van der Waals surface area contributed by atoms with E-state index >= 15 is 0 Å². The van der Waals surface area contributed by atoms with Crippen LogP contribution in [0.3, 0.4) is 0 Å². The number of nitrogens with one attached hydrogen (secondary N) is 1. The lowest BCUT2D eigenvalue weighted by molar-refractivity contribution is -0.141. The maximum atomic E-state index is 14.6. The predicted octanol–water partition coefficient (Wildman–Crippen LogP) is 3.33. The third-order valence-corrected chi connectivity index (χ3v) is 5.47. The molecule has 0 saturated carbocycles. The first-order valence-electron chi connectivity index (χ1n) is 10.8. The van der Waals surface area contributed by atoms with Crippen molar-refractivity contribution in [2.45, 2.75) is 40.3 Å². The van der Waals surface area contributed by atoms with Gasteiger partial charge in [0.05, 0.1) is 18.2 Å². The van der Waals surface area contributed by atoms with Gasteiger partial charge in [-0.25, -0.2) is 23.5 Å². The quantitative estimate of drug-likeness (QED) is 0.506. The SMILES string of the molecule is CC(C)Cc1ccc(/N=c2\[nH]c(=O)n(C[C@H](C)C(=O)O)c(=O)n2Cc2ccc(Cl)cc2)cc1F. The molecule has 1 atom stereocenters. The Morgan fingerprint density at radius 3 is 2.38 bits per heavy atom. The van der Waals surface area contributed by atoms with Crippen molar-refractivity contribution < 1.29 is 14.3 Å². The molecule has 1 heterocycles. The minimum absolute atomic E-state index is 0.0288. The summed E-state index contributed by atoms with van der Waals surface area (Å²) in [6, 6.07) is 11.3. The minimum Gasteiger partial charge on any atom is -0.481 e. The number of carbonyl (C=O) groups is 1. The van der Waals surface area contributed by atoms with E-state index in [1.807, 2.05) is 13.8 Å². The van der Waals surface area contributed by atoms with E-state index in [4.69, 9.17) is 11.6 Å². The van der Waals surface area contributed by atoms with Crippen molar-refractivity contribution in [1.82, 2.24) is 14.1 Å². The number of aliphatic carboxylic acids is 1. The molecule has 8 nitrogen and oxygen atoms in total. The summed E-state index contributed by atoms with van der Waals surface area (Å²) in [5, 5.41) is 9.73. The van der Waals surface area contributed by atoms with Crippen molar-refractivity contribution in [2.24, 2.45) is 16.8 Å². The van der Waals surface area contributed by atoms with Gasteiger partial charge < -0.3 is 5.11 Å². The lowest BCUT2D eigenvalue weighted by Gasteiger charge is -2.13. The monoisotopic (exact) mass is 488 g/mol. The van der Waals surface area contributed by atoms with E-state index in [0.717, 1.165) is 4.57 Å². The molecule has 0 spiro atoms. The molecule has 10 heteroatoms. The standard InChI is InChI=1S/C24H26ClFN4O4/c1-14(2)10-17-6-9-19(11-20(17)26)27-22-28-23(33)30(12-15(3)21(31)32)24(34)29(22)13-16-4-7-18(25)8-5-16/h4-9,11,14-15H,10,12-13H2,1-3H3,(H,31,32)(H,27,28,33)/t15-/m0/s1. The van der Waals surface area contributed by atoms with E-state index < -0.39 is 29.1 Å². The second-order valence-electron chi connectivity index (χ2n) is 8.58. The molecule has 0 radical (unpaired) electrons. The molecule has 180 valence electrons. The molecule has 0 amide bonds. The van der Waals surface area contributed by atoms with Crippen LogP contribution in [0, 0.1) is 17.7 Å². The number of nitrogens with zero attached hydrogens (tertiary/aromatic N) is 3. The molecule has 0 unspecified atom stereocenters. The van der Waals surface area contributed by atoms with Gasteiger partial charge in [0, 0.05) is 11.6 Å². The van der Waals surface area contributed by atoms with Crippen LogP contribution >= 0.6 is 11.6 Å². The highest BCUT2D eigenvalue weighted by atomic mass is 35.5. The van der Waals surface area contributed by atoms with Gasteiger partial charge in [-0.2, -0.15) is 0 Å². The molecule has 0 aliphatic rings. The predicted molar refractivity (Wildman–Crippen MR) is 127 cm³/mol. The van der Waals surface area contributed by atoms with Gasteiger partial charge in [0.25, 0.3) is 0 Å². The van der Waals surface area contributed by atoms with Gasteiger partial charge in [-0.3, -0.25) is 14.3 Å². The summed E-state index contributed by atoms with van der Waals surface area (Å²) >= 11 is 5.95. The second-order valence-corrected chi connectivity index (χ2v) is 9.02. The van der Waals surface area contributed by atoms with E-state index in [1.165, 1.54) is 17.6 Å². The zero-order valence-electron chi connectivity index (χ0n) is 19.1. The zero-order valence-corrected chi connectivity index (χ0v) is 19.8. The second kappa shape index (κ2) is 10.6. The number of benzene rings is 2. The van der Waals surface area contributed by atoms with E-state index in [0.29, 0.717) is 22.6 Å². The van der Waals surface area contributed by atoms with Gasteiger partial charge in [-0.15, -0.1) is 0 Å². The molecule has 0 aliphatic carbocycles. The fourth-order valence-electron chi connectivity index (χ4n) is 3.40. The highest BCUT2D eigenvalue weighted by Gasteiger charge is 2.17. The smallest absolute Gasteiger partial charge is 0.335 e. The number of aromatic nitrogens is 3. The fourth-order valence-corrected chi connectivity index (χ4v) is 3.53. The Balaban J connectivity index is 2.16. The maximum Gasteiger partial charge on any atom is 0.335 e. The highest BCUT2D eigenvalue weighted by molar-refractivity contribution is 6.30. The lowest BCUT2D eigenvalue weighted by atomic mass is 10.0. The first-order valence-corrected chi connectivity index (χ1v) is 11.2. The van der Waals surface area contributed by atoms with Gasteiger partial charge in [-0.1, -0.05) is 50.6 Å². The molecule has 0 fully saturated rings. The summed E-state index contributed by atoms with van der Waals surface area (Å²) in [6.45, 7) is 5.09. The van der Waals surface area contributed by atoms with Gasteiger partial charge in [0.15, 0.2) is 0 Å². The molecular formula is C24H26ClFN4O4. The van der Waals surface area contributed by atoms with Crippen molar-refractivity contribution in [2.75, 3.05) is 0 Å². The Kier molecular flexibility index (Phi) is 7.88. The number of aromatic amines is 1. The Morgan fingerprint density at radius 2 is 1.79 bits per heavy atom. The van der Waals surface area contributed by atoms with Gasteiger partial charge >= 0.3 is 17.3 Å². The van der Waals surface area contributed by atoms with Gasteiger partial charge in [-0.05, 0) is 47.7 Å². The molecule has 2 N–H and O–H groups in total. The van der Waals surface area contributed by atoms with Crippen LogP contribution in [0.4, 0.5) is 10.1 Å². The summed E-state index contributed by atoms with van der Waals surface area (Å²) in [4.78, 5) is 44.0. The van der Waals surface area contributed by atoms with Crippen molar-refractivity contribution in [1.29, 1.82) is 0 Å². The van der Waals surface area contributed by atoms with E-state index in [1.54, 1.807) is 36.4 Å². The number of carboxylic acids is 1. The molecule has 34 heavy (non-hydrogen) atoms. The third-order valence-electron chi connectivity index (χ3n) is 5.21. The van der Waals surface area contributed by atoms with Crippen LogP contribution in [0.25, 0.3) is 0 Å². The van der Waals surface area contributed by atoms with Crippen molar-refractivity contribution in [3.63, 3.8) is 0 Å². The van der Waals surface area contributed by atoms with Crippen LogP contribution in [0.2, 0.25) is 5.02 Å². The topological polar surface area (TPSA) is 109 Å². The summed E-state index contributed by atoms with van der Waals surface area (Å²) in [6.07, 6.45) is 0.567. The van der Waals surface area contributed by atoms with Gasteiger partial charge in [0.2, 0.25) is 5.62 Å². The van der Waals surface area contributed by atoms with E-state index in [-0.39, 0.29) is 30.3 Å². The van der Waals surface area contributed by atoms with E-state index in [9.17, 15) is 23.9 Å². The summed E-state index contributed by atoms with van der Waals surface area (Å²) in [7, 11) is 0. The Bertz CT molecular complexity index is 1370. The van der Waals surface area contributed by atoms with Crippen LogP contribution < -0.4 is 17.0 Å². The molecule has 1 aromatic heterocycles. The minimum atomic E-state index is -1.14. The average molecular weight is 489 g/mol. The molecule has 2 aromatic carbocycles. The molecular weight excluding hydrogens is 463 g/mol. The van der Waals surface area contributed by atoms with Crippen LogP contribution in [0.5, 0.6) is 0 Å². The van der Waals surface area contributed by atoms with Crippen LogP contribution in [0.15, 0.2) is 57.0 Å². The molecule has 3 aromatic rings. The Labute approximate surface area is 200 Å². The first-order chi connectivity index (χ1) is 16.0. The van der Waals surface area contributed by atoms with E-state index in [2.05, 4.69) is 9.98 Å². The van der Waals surface area contributed by atoms with Crippen LogP contribution in [0.1, 0.15) is 31.9 Å². The fraction of sp³-hybridized carbons (Fsp3) is 0.333. The highest BCUT2D eigenvalue weighted by Crippen LogP contribution is 2.19. The average Bonchev–Trinajstić information content (AvgIpc) is 2.76. The van der Waals surface area contributed by atoms with Crippen molar-refractivity contribution >= 4 is 23.3 Å². The number of halogens is 2. The largest absolute Gasteiger partial charge is 0.481 e. The maximum absolute atomic E-state index is 14.6. The summed E-state index contributed by atoms with van der Waals surface area (Å²) < 4.78 is 16.6. The molecule has 0 saturated heterocycles. The Morgan fingerprint density at radius 1 is 1.12 bits per heavy atom. The summed E-state index contributed by atoms with van der Waals surface area (Å²) in [5.41, 5.74) is -0.147. The van der Waals surface area contributed by atoms with Crippen molar-refractivity contribution in [3.05, 3.63) is 91.0 Å². The van der Waals surface area contributed by atoms with Crippen LogP contribution in [-0.2, 0) is 24.3 Å². The normalized spacial score (nSPS) is 12.8. The Hall–Kier alpha value is -3.46. The number of hydrogen-bond acceptors (Lipinski definition) is 4. The first kappa shape index (κ1) is 25.2. The molecule has 0 bridgehead atoms. The number of H-pyrrole nitrogens is 1. The van der Waals surface area contributed by atoms with Crippen LogP contribution in [-0.4, -0.2) is 25.2 Å². The zero-order chi connectivity index (χ0) is 25.0. The van der Waals surface area contributed by atoms with Crippen molar-refractivity contribution in [3.8, 4) is 0 Å². The number of rotatable bonds is 8. The summed E-state index contributed by atoms with van der Waals surface area (Å²) in [5.74, 6) is -2.25. The lowest BCUT2D eigenvalue weighted by Crippen LogP contribution is -2.51.